The van der Waals surface area contributed by atoms with Gasteiger partial charge in [-0.3, -0.25) is 0 Å². The highest BCUT2D eigenvalue weighted by atomic mass is 16.4. The van der Waals surface area contributed by atoms with Crippen molar-refractivity contribution >= 4 is 5.97 Å². The van der Waals surface area contributed by atoms with Gasteiger partial charge in [0.1, 0.15) is 5.75 Å². The average Bonchev–Trinajstić information content (AvgIpc) is 2.34. The van der Waals surface area contributed by atoms with Crippen LogP contribution in [0.4, 0.5) is 0 Å². The summed E-state index contributed by atoms with van der Waals surface area (Å²) in [5.41, 5.74) is -0.317. The number of nitrogens with zero attached hydrogens (tertiary/aromatic N) is 1. The second kappa shape index (κ2) is 6.09. The van der Waals surface area contributed by atoms with Gasteiger partial charge in [0.15, 0.2) is 17.2 Å². The zero-order valence-corrected chi connectivity index (χ0v) is 9.19. The van der Waals surface area contributed by atoms with E-state index in [1.165, 1.54) is 30.5 Å². The van der Waals surface area contributed by atoms with Gasteiger partial charge in [0, 0.05) is 6.20 Å². The van der Waals surface area contributed by atoms with Crippen LogP contribution >= 0.6 is 0 Å². The molecule has 0 aliphatic carbocycles. The van der Waals surface area contributed by atoms with Crippen molar-refractivity contribution in [2.75, 3.05) is 0 Å². The van der Waals surface area contributed by atoms with Crippen LogP contribution in [0.2, 0.25) is 0 Å². The number of phenolic OH excluding ortho intramolecular Hbond substituents is 2. The van der Waals surface area contributed by atoms with E-state index in [1.54, 1.807) is 12.1 Å². The van der Waals surface area contributed by atoms with Gasteiger partial charge in [-0.05, 0) is 24.3 Å². The molecule has 0 saturated carbocycles. The molecule has 1 aromatic carbocycles. The Balaban J connectivity index is 0.000000184. The number of aromatic nitrogens is 1. The van der Waals surface area contributed by atoms with Crippen molar-refractivity contribution in [3.8, 4) is 17.2 Å². The van der Waals surface area contributed by atoms with Crippen LogP contribution in [0.3, 0.4) is 0 Å². The van der Waals surface area contributed by atoms with Crippen LogP contribution in [0, 0.1) is 0 Å². The molecule has 0 amide bonds. The first-order valence-electron chi connectivity index (χ1n) is 4.86. The van der Waals surface area contributed by atoms with Gasteiger partial charge in [-0.2, -0.15) is 0 Å². The molecule has 0 fully saturated rings. The van der Waals surface area contributed by atoms with Gasteiger partial charge in [0.2, 0.25) is 0 Å². The van der Waals surface area contributed by atoms with Crippen LogP contribution < -0.4 is 0 Å². The second-order valence-electron chi connectivity index (χ2n) is 3.17. The summed E-state index contributed by atoms with van der Waals surface area (Å²) in [6.07, 6.45) is 1.31. The normalized spacial score (nSPS) is 9.11. The van der Waals surface area contributed by atoms with Crippen molar-refractivity contribution in [1.29, 1.82) is 0 Å². The Kier molecular flexibility index (Phi) is 4.50. The quantitative estimate of drug-likeness (QED) is 0.571. The summed E-state index contributed by atoms with van der Waals surface area (Å²) in [6.45, 7) is 0. The van der Waals surface area contributed by atoms with Crippen LogP contribution in [0.5, 0.6) is 17.2 Å². The molecule has 2 aromatic rings. The summed E-state index contributed by atoms with van der Waals surface area (Å²) >= 11 is 0. The highest BCUT2D eigenvalue weighted by Crippen LogP contribution is 2.21. The van der Waals surface area contributed by atoms with Crippen molar-refractivity contribution in [2.45, 2.75) is 0 Å². The molecule has 6 heteroatoms. The second-order valence-corrected chi connectivity index (χ2v) is 3.17. The fourth-order valence-corrected chi connectivity index (χ4v) is 1.03. The van der Waals surface area contributed by atoms with Crippen LogP contribution in [0.15, 0.2) is 42.6 Å². The lowest BCUT2D eigenvalue weighted by atomic mass is 10.3. The Hall–Kier alpha value is -2.76. The molecule has 0 saturated heterocycles. The average molecular weight is 249 g/mol. The summed E-state index contributed by atoms with van der Waals surface area (Å²) in [7, 11) is 0. The molecule has 0 aliphatic rings. The third-order valence-electron chi connectivity index (χ3n) is 1.87. The van der Waals surface area contributed by atoms with Crippen molar-refractivity contribution in [3.05, 3.63) is 48.3 Å². The number of carbonyl (C=O) groups is 1. The minimum Gasteiger partial charge on any atom is -0.505 e. The first-order chi connectivity index (χ1) is 8.52. The molecule has 94 valence electrons. The molecule has 0 bridgehead atoms. The zero-order chi connectivity index (χ0) is 13.5. The number of aromatic carboxylic acids is 1. The molecule has 1 heterocycles. The summed E-state index contributed by atoms with van der Waals surface area (Å²) in [6, 6.07) is 8.88. The number of aromatic hydroxyl groups is 3. The van der Waals surface area contributed by atoms with Gasteiger partial charge in [0.05, 0.1) is 0 Å². The van der Waals surface area contributed by atoms with Crippen molar-refractivity contribution in [2.24, 2.45) is 0 Å². The maximum absolute atomic E-state index is 10.2. The van der Waals surface area contributed by atoms with Gasteiger partial charge in [-0.25, -0.2) is 9.78 Å². The van der Waals surface area contributed by atoms with Crippen molar-refractivity contribution in [3.63, 3.8) is 0 Å². The Morgan fingerprint density at radius 1 is 0.889 bits per heavy atom. The lowest BCUT2D eigenvalue weighted by molar-refractivity contribution is 0.0687. The predicted octanol–water partition coefficient (Wildman–Crippen LogP) is 1.58. The number of hydrogen-bond donors (Lipinski definition) is 4. The van der Waals surface area contributed by atoms with E-state index >= 15 is 0 Å². The van der Waals surface area contributed by atoms with Gasteiger partial charge in [0.25, 0.3) is 0 Å². The molecule has 0 unspecified atom stereocenters. The number of pyridine rings is 1. The fourth-order valence-electron chi connectivity index (χ4n) is 1.03. The first-order valence-corrected chi connectivity index (χ1v) is 4.86. The van der Waals surface area contributed by atoms with E-state index in [0.717, 1.165) is 0 Å². The third-order valence-corrected chi connectivity index (χ3v) is 1.87. The number of rotatable bonds is 1. The Morgan fingerprint density at radius 2 is 1.39 bits per heavy atom. The molecule has 0 atom stereocenters. The van der Waals surface area contributed by atoms with Crippen LogP contribution in [-0.4, -0.2) is 31.4 Å². The monoisotopic (exact) mass is 249 g/mol. The number of benzene rings is 1. The number of carboxylic acids is 1. The smallest absolute Gasteiger partial charge is 0.358 e. The molecule has 2 rings (SSSR count). The standard InChI is InChI=1S/C6H5NO3.C6H6O2/c8-4-2-1-3-7-5(4)6(9)10;7-5-3-1-2-4-6(5)8/h1-3,8H,(H,9,10);1-4,7-8H. The molecule has 0 spiro atoms. The van der Waals surface area contributed by atoms with E-state index in [1.807, 2.05) is 0 Å². The van der Waals surface area contributed by atoms with E-state index in [-0.39, 0.29) is 22.9 Å². The van der Waals surface area contributed by atoms with E-state index in [9.17, 15) is 4.79 Å². The van der Waals surface area contributed by atoms with E-state index < -0.39 is 5.97 Å². The van der Waals surface area contributed by atoms with Gasteiger partial charge >= 0.3 is 5.97 Å². The SMILES string of the molecule is O=C(O)c1ncccc1O.Oc1ccccc1O. The van der Waals surface area contributed by atoms with Gasteiger partial charge < -0.3 is 20.4 Å². The summed E-state index contributed by atoms with van der Waals surface area (Å²) < 4.78 is 0. The predicted molar refractivity (Wildman–Crippen MR) is 62.6 cm³/mol. The molecular formula is C12H11NO5. The minimum atomic E-state index is -1.22. The largest absolute Gasteiger partial charge is 0.505 e. The third kappa shape index (κ3) is 3.67. The van der Waals surface area contributed by atoms with Crippen LogP contribution in [0.1, 0.15) is 10.5 Å². The maximum Gasteiger partial charge on any atom is 0.358 e. The molecular weight excluding hydrogens is 238 g/mol. The molecule has 4 N–H and O–H groups in total. The molecule has 0 radical (unpaired) electrons. The van der Waals surface area contributed by atoms with E-state index in [4.69, 9.17) is 20.4 Å². The van der Waals surface area contributed by atoms with Gasteiger partial charge in [-0.15, -0.1) is 0 Å². The highest BCUT2D eigenvalue weighted by molar-refractivity contribution is 5.88. The van der Waals surface area contributed by atoms with Crippen LogP contribution in [0.25, 0.3) is 0 Å². The Labute approximate surface area is 102 Å². The van der Waals surface area contributed by atoms with Crippen molar-refractivity contribution < 1.29 is 25.2 Å². The maximum atomic E-state index is 10.2. The minimum absolute atomic E-state index is 0.0764. The zero-order valence-electron chi connectivity index (χ0n) is 9.19. The molecule has 0 aliphatic heterocycles. The lowest BCUT2D eigenvalue weighted by Gasteiger charge is -1.93. The fraction of sp³-hybridized carbons (Fsp3) is 0. The highest BCUT2D eigenvalue weighted by Gasteiger charge is 2.08. The topological polar surface area (TPSA) is 111 Å². The summed E-state index contributed by atoms with van der Waals surface area (Å²) in [4.78, 5) is 13.6. The van der Waals surface area contributed by atoms with Gasteiger partial charge in [-0.1, -0.05) is 12.1 Å². The van der Waals surface area contributed by atoms with Crippen LogP contribution in [-0.2, 0) is 0 Å². The molecule has 6 nitrogen and oxygen atoms in total. The van der Waals surface area contributed by atoms with Crippen molar-refractivity contribution in [1.82, 2.24) is 4.98 Å². The number of hydrogen-bond acceptors (Lipinski definition) is 5. The number of para-hydroxylation sites is 2. The summed E-state index contributed by atoms with van der Waals surface area (Å²) in [5.74, 6) is -1.69. The van der Waals surface area contributed by atoms with E-state index in [2.05, 4.69) is 4.98 Å². The number of carboxylic acid groups (broad SMARTS) is 1. The lowest BCUT2D eigenvalue weighted by Crippen LogP contribution is -1.99. The molecule has 1 aromatic heterocycles. The van der Waals surface area contributed by atoms with E-state index in [0.29, 0.717) is 0 Å². The first kappa shape index (κ1) is 13.3. The molecule has 18 heavy (non-hydrogen) atoms. The number of phenols is 2. The Morgan fingerprint density at radius 3 is 1.72 bits per heavy atom. The summed E-state index contributed by atoms with van der Waals surface area (Å²) in [5, 5.41) is 34.5. The Bertz CT molecular complexity index is 520.